The Morgan fingerprint density at radius 3 is 2.67 bits per heavy atom. The third-order valence-electron chi connectivity index (χ3n) is 3.18. The van der Waals surface area contributed by atoms with Gasteiger partial charge in [-0.1, -0.05) is 36.4 Å². The average molecular weight is 242 g/mol. The van der Waals surface area contributed by atoms with Crippen molar-refractivity contribution in [2.24, 2.45) is 0 Å². The zero-order valence-electron chi connectivity index (χ0n) is 10.1. The van der Waals surface area contributed by atoms with E-state index in [1.807, 2.05) is 36.4 Å². The Hall–Kier alpha value is -2.00. The lowest BCUT2D eigenvalue weighted by atomic mass is 9.90. The first-order valence-corrected chi connectivity index (χ1v) is 5.91. The third kappa shape index (κ3) is 1.83. The van der Waals surface area contributed by atoms with Crippen molar-refractivity contribution in [1.82, 2.24) is 0 Å². The normalized spacial score (nSPS) is 17.7. The smallest absolute Gasteiger partial charge is 0.173 e. The summed E-state index contributed by atoms with van der Waals surface area (Å²) in [5.74, 6) is 1.71. The van der Waals surface area contributed by atoms with Crippen LogP contribution >= 0.6 is 0 Å². The number of rotatable bonds is 2. The fourth-order valence-corrected chi connectivity index (χ4v) is 2.32. The number of methoxy groups -OCH3 is 1. The van der Waals surface area contributed by atoms with Crippen molar-refractivity contribution in [1.29, 1.82) is 0 Å². The van der Waals surface area contributed by atoms with E-state index in [1.54, 1.807) is 7.11 Å². The maximum absolute atomic E-state index is 5.43. The highest BCUT2D eigenvalue weighted by atomic mass is 17.2. The van der Waals surface area contributed by atoms with Crippen LogP contribution in [0.1, 0.15) is 17.0 Å². The van der Waals surface area contributed by atoms with Gasteiger partial charge in [-0.15, -0.1) is 0 Å². The molecule has 0 radical (unpaired) electrons. The average Bonchev–Trinajstić information content (AvgIpc) is 2.47. The number of ether oxygens (including phenoxy) is 1. The predicted octanol–water partition coefficient (Wildman–Crippen LogP) is 3.15. The molecule has 18 heavy (non-hydrogen) atoms. The molecule has 0 saturated carbocycles. The number of hydrogen-bond acceptors (Lipinski definition) is 3. The van der Waals surface area contributed by atoms with Gasteiger partial charge in [-0.25, -0.2) is 0 Å². The van der Waals surface area contributed by atoms with E-state index in [2.05, 4.69) is 12.1 Å². The second kappa shape index (κ2) is 4.70. The molecule has 0 bridgehead atoms. The van der Waals surface area contributed by atoms with E-state index in [0.29, 0.717) is 6.61 Å². The van der Waals surface area contributed by atoms with E-state index in [1.165, 1.54) is 5.56 Å². The van der Waals surface area contributed by atoms with E-state index in [9.17, 15) is 0 Å². The molecule has 1 heterocycles. The molecule has 0 N–H and O–H groups in total. The Balaban J connectivity index is 2.11. The molecule has 0 aromatic heterocycles. The molecular formula is C15H14O3. The molecule has 3 rings (SSSR count). The van der Waals surface area contributed by atoms with Crippen molar-refractivity contribution in [3.05, 3.63) is 59.7 Å². The molecule has 3 nitrogen and oxygen atoms in total. The minimum Gasteiger partial charge on any atom is -0.496 e. The summed E-state index contributed by atoms with van der Waals surface area (Å²) < 4.78 is 5.43. The summed E-state index contributed by atoms with van der Waals surface area (Å²) in [5.41, 5.74) is 2.25. The molecule has 1 aliphatic heterocycles. The van der Waals surface area contributed by atoms with E-state index in [0.717, 1.165) is 17.1 Å². The zero-order chi connectivity index (χ0) is 12.4. The Morgan fingerprint density at radius 1 is 1.06 bits per heavy atom. The monoisotopic (exact) mass is 242 g/mol. The lowest BCUT2D eigenvalue weighted by Crippen LogP contribution is -2.19. The van der Waals surface area contributed by atoms with Gasteiger partial charge in [0.15, 0.2) is 5.75 Å². The predicted molar refractivity (Wildman–Crippen MR) is 67.9 cm³/mol. The van der Waals surface area contributed by atoms with Gasteiger partial charge in [0.05, 0.1) is 12.7 Å². The molecule has 0 amide bonds. The SMILES string of the molecule is COc1cccc2c1C(c1ccccc1)COO2. The highest BCUT2D eigenvalue weighted by molar-refractivity contribution is 5.51. The third-order valence-corrected chi connectivity index (χ3v) is 3.18. The molecule has 2 aromatic rings. The second-order valence-electron chi connectivity index (χ2n) is 4.20. The van der Waals surface area contributed by atoms with Gasteiger partial charge < -0.3 is 9.62 Å². The van der Waals surface area contributed by atoms with Gasteiger partial charge in [-0.05, 0) is 17.7 Å². The molecule has 0 fully saturated rings. The Kier molecular flexibility index (Phi) is 2.90. The van der Waals surface area contributed by atoms with Crippen molar-refractivity contribution in [2.45, 2.75) is 5.92 Å². The molecule has 2 aromatic carbocycles. The van der Waals surface area contributed by atoms with Crippen LogP contribution in [0.15, 0.2) is 48.5 Å². The first-order chi connectivity index (χ1) is 8.90. The van der Waals surface area contributed by atoms with Crippen LogP contribution in [0.3, 0.4) is 0 Å². The number of hydrogen-bond donors (Lipinski definition) is 0. The van der Waals surface area contributed by atoms with Crippen molar-refractivity contribution in [2.75, 3.05) is 13.7 Å². The summed E-state index contributed by atoms with van der Waals surface area (Å²) in [7, 11) is 1.67. The van der Waals surface area contributed by atoms with Crippen LogP contribution < -0.4 is 9.62 Å². The van der Waals surface area contributed by atoms with Crippen molar-refractivity contribution in [3.63, 3.8) is 0 Å². The molecule has 0 spiro atoms. The molecule has 0 saturated heterocycles. The first kappa shape index (κ1) is 11.1. The van der Waals surface area contributed by atoms with E-state index < -0.39 is 0 Å². The van der Waals surface area contributed by atoms with Gasteiger partial charge in [-0.3, -0.25) is 0 Å². The quantitative estimate of drug-likeness (QED) is 0.757. The lowest BCUT2D eigenvalue weighted by molar-refractivity contribution is -0.219. The fraction of sp³-hybridized carbons (Fsp3) is 0.200. The largest absolute Gasteiger partial charge is 0.496 e. The molecule has 0 aliphatic carbocycles. The summed E-state index contributed by atoms with van der Waals surface area (Å²) in [6.07, 6.45) is 0. The number of fused-ring (bicyclic) bond motifs is 1. The van der Waals surface area contributed by atoms with Gasteiger partial charge >= 0.3 is 0 Å². The van der Waals surface area contributed by atoms with Gasteiger partial charge in [-0.2, -0.15) is 4.89 Å². The first-order valence-electron chi connectivity index (χ1n) is 5.91. The highest BCUT2D eigenvalue weighted by Gasteiger charge is 2.27. The minimum atomic E-state index is 0.145. The number of benzene rings is 2. The van der Waals surface area contributed by atoms with Crippen molar-refractivity contribution in [3.8, 4) is 11.5 Å². The maximum atomic E-state index is 5.43. The Labute approximate surface area is 106 Å². The van der Waals surface area contributed by atoms with E-state index in [4.69, 9.17) is 14.5 Å². The lowest BCUT2D eigenvalue weighted by Gasteiger charge is -2.26. The van der Waals surface area contributed by atoms with Crippen LogP contribution in [-0.4, -0.2) is 13.7 Å². The molecule has 1 atom stereocenters. The molecular weight excluding hydrogens is 228 g/mol. The molecule has 3 heteroatoms. The van der Waals surface area contributed by atoms with Crippen molar-refractivity contribution < 1.29 is 14.5 Å². The molecule has 92 valence electrons. The van der Waals surface area contributed by atoms with E-state index in [-0.39, 0.29) is 5.92 Å². The zero-order valence-corrected chi connectivity index (χ0v) is 10.1. The van der Waals surface area contributed by atoms with Crippen LogP contribution in [-0.2, 0) is 4.89 Å². The van der Waals surface area contributed by atoms with Gasteiger partial charge in [0.25, 0.3) is 0 Å². The minimum absolute atomic E-state index is 0.145. The highest BCUT2D eigenvalue weighted by Crippen LogP contribution is 2.41. The summed E-state index contributed by atoms with van der Waals surface area (Å²) in [5, 5.41) is 0. The van der Waals surface area contributed by atoms with Crippen LogP contribution in [0.4, 0.5) is 0 Å². The van der Waals surface area contributed by atoms with Gasteiger partial charge in [0.1, 0.15) is 12.4 Å². The standard InChI is InChI=1S/C15H14O3/c1-16-13-8-5-9-14-15(13)12(10-17-18-14)11-6-3-2-4-7-11/h2-9,12H,10H2,1H3. The maximum Gasteiger partial charge on any atom is 0.173 e. The second-order valence-corrected chi connectivity index (χ2v) is 4.20. The molecule has 1 unspecified atom stereocenters. The summed E-state index contributed by atoms with van der Waals surface area (Å²) in [6.45, 7) is 0.497. The topological polar surface area (TPSA) is 27.7 Å². The van der Waals surface area contributed by atoms with Crippen LogP contribution in [0, 0.1) is 0 Å². The summed E-state index contributed by atoms with van der Waals surface area (Å²) >= 11 is 0. The fourth-order valence-electron chi connectivity index (χ4n) is 2.32. The van der Waals surface area contributed by atoms with Crippen LogP contribution in [0.25, 0.3) is 0 Å². The Bertz CT molecular complexity index is 522. The van der Waals surface area contributed by atoms with E-state index >= 15 is 0 Å². The van der Waals surface area contributed by atoms with Crippen LogP contribution in [0.5, 0.6) is 11.5 Å². The van der Waals surface area contributed by atoms with Crippen molar-refractivity contribution >= 4 is 0 Å². The van der Waals surface area contributed by atoms with Gasteiger partial charge in [0, 0.05) is 5.92 Å². The molecule has 1 aliphatic rings. The summed E-state index contributed by atoms with van der Waals surface area (Å²) in [4.78, 5) is 10.4. The summed E-state index contributed by atoms with van der Waals surface area (Å²) in [6, 6.07) is 16.0. The van der Waals surface area contributed by atoms with Gasteiger partial charge in [0.2, 0.25) is 0 Å². The van der Waals surface area contributed by atoms with Crippen LogP contribution in [0.2, 0.25) is 0 Å². The Morgan fingerprint density at radius 2 is 1.89 bits per heavy atom.